The second-order valence-electron chi connectivity index (χ2n) is 5.52. The van der Waals surface area contributed by atoms with Crippen LogP contribution >= 0.6 is 0 Å². The topological polar surface area (TPSA) is 98.7 Å². The number of phenolic OH excluding ortho intramolecular Hbond substituents is 2. The van der Waals surface area contributed by atoms with Gasteiger partial charge in [-0.25, -0.2) is 0 Å². The molecule has 3 aromatic rings. The number of para-hydroxylation sites is 2. The summed E-state index contributed by atoms with van der Waals surface area (Å²) in [7, 11) is 0. The molecule has 6 heteroatoms. The predicted molar refractivity (Wildman–Crippen MR) is 98.6 cm³/mol. The van der Waals surface area contributed by atoms with E-state index < -0.39 is 11.8 Å². The number of rotatable bonds is 4. The smallest absolute Gasteiger partial charge is 0.259 e. The summed E-state index contributed by atoms with van der Waals surface area (Å²) in [6, 6.07) is 19.0. The number of carbonyl (C=O) groups excluding carboxylic acids is 2. The third-order valence-electron chi connectivity index (χ3n) is 3.68. The summed E-state index contributed by atoms with van der Waals surface area (Å²) in [6.45, 7) is 0. The van der Waals surface area contributed by atoms with E-state index in [0.717, 1.165) is 0 Å². The van der Waals surface area contributed by atoms with Crippen molar-refractivity contribution in [2.24, 2.45) is 0 Å². The molecule has 0 aliphatic rings. The average molecular weight is 348 g/mol. The van der Waals surface area contributed by atoms with Crippen LogP contribution in [0.1, 0.15) is 20.7 Å². The molecule has 0 aromatic heterocycles. The quantitative estimate of drug-likeness (QED) is 0.579. The van der Waals surface area contributed by atoms with Crippen LogP contribution in [0.4, 0.5) is 11.4 Å². The molecule has 3 rings (SSSR count). The fourth-order valence-electron chi connectivity index (χ4n) is 2.40. The standard InChI is InChI=1S/C20H16N2O4/c23-17-10-3-1-8-15(17)19(25)21-13-6-5-7-14(12-13)22-20(26)16-9-2-4-11-18(16)24/h1-12,23-24H,(H,21,25)(H,22,26). The maximum atomic E-state index is 12.2. The third kappa shape index (κ3) is 3.81. The Balaban J connectivity index is 1.74. The van der Waals surface area contributed by atoms with Gasteiger partial charge in [0.2, 0.25) is 0 Å². The molecule has 0 atom stereocenters. The van der Waals surface area contributed by atoms with Crippen molar-refractivity contribution in [2.75, 3.05) is 10.6 Å². The van der Waals surface area contributed by atoms with Gasteiger partial charge in [0.15, 0.2) is 0 Å². The fraction of sp³-hybridized carbons (Fsp3) is 0. The molecule has 0 spiro atoms. The largest absolute Gasteiger partial charge is 0.507 e. The first-order valence-corrected chi connectivity index (χ1v) is 7.83. The Morgan fingerprint density at radius 2 is 1.04 bits per heavy atom. The lowest BCUT2D eigenvalue weighted by atomic mass is 10.1. The van der Waals surface area contributed by atoms with Crippen LogP contribution in [0.25, 0.3) is 0 Å². The normalized spacial score (nSPS) is 10.2. The van der Waals surface area contributed by atoms with Gasteiger partial charge < -0.3 is 20.8 Å². The first kappa shape index (κ1) is 17.0. The van der Waals surface area contributed by atoms with E-state index in [9.17, 15) is 19.8 Å². The zero-order valence-corrected chi connectivity index (χ0v) is 13.6. The minimum Gasteiger partial charge on any atom is -0.507 e. The molecular weight excluding hydrogens is 332 g/mol. The number of carbonyl (C=O) groups is 2. The Labute approximate surface area is 149 Å². The number of amides is 2. The van der Waals surface area contributed by atoms with Gasteiger partial charge in [-0.05, 0) is 42.5 Å². The Morgan fingerprint density at radius 3 is 1.46 bits per heavy atom. The van der Waals surface area contributed by atoms with Crippen molar-refractivity contribution in [2.45, 2.75) is 0 Å². The molecule has 0 saturated heterocycles. The number of anilines is 2. The van der Waals surface area contributed by atoms with Gasteiger partial charge in [-0.15, -0.1) is 0 Å². The summed E-state index contributed by atoms with van der Waals surface area (Å²) in [4.78, 5) is 24.5. The van der Waals surface area contributed by atoms with Crippen LogP contribution in [-0.4, -0.2) is 22.0 Å². The van der Waals surface area contributed by atoms with E-state index in [2.05, 4.69) is 10.6 Å². The van der Waals surface area contributed by atoms with Crippen LogP contribution in [0.2, 0.25) is 0 Å². The van der Waals surface area contributed by atoms with Crippen molar-refractivity contribution >= 4 is 23.2 Å². The lowest BCUT2D eigenvalue weighted by molar-refractivity contribution is 0.101. The fourth-order valence-corrected chi connectivity index (χ4v) is 2.40. The molecule has 4 N–H and O–H groups in total. The molecule has 3 aromatic carbocycles. The first-order chi connectivity index (χ1) is 12.5. The molecule has 6 nitrogen and oxygen atoms in total. The number of hydrogen-bond donors (Lipinski definition) is 4. The van der Waals surface area contributed by atoms with Gasteiger partial charge >= 0.3 is 0 Å². The second kappa shape index (κ2) is 7.40. The van der Waals surface area contributed by atoms with Crippen molar-refractivity contribution in [1.29, 1.82) is 0 Å². The Morgan fingerprint density at radius 1 is 0.615 bits per heavy atom. The summed E-state index contributed by atoms with van der Waals surface area (Å²) < 4.78 is 0. The molecule has 0 radical (unpaired) electrons. The Hall–Kier alpha value is -3.80. The van der Waals surface area contributed by atoms with E-state index in [0.29, 0.717) is 11.4 Å². The highest BCUT2D eigenvalue weighted by Crippen LogP contribution is 2.21. The van der Waals surface area contributed by atoms with E-state index in [1.165, 1.54) is 24.3 Å². The van der Waals surface area contributed by atoms with Crippen LogP contribution < -0.4 is 10.6 Å². The van der Waals surface area contributed by atoms with Crippen LogP contribution in [-0.2, 0) is 0 Å². The first-order valence-electron chi connectivity index (χ1n) is 7.83. The van der Waals surface area contributed by atoms with Crippen molar-refractivity contribution in [3.05, 3.63) is 83.9 Å². The van der Waals surface area contributed by atoms with Gasteiger partial charge in [0.05, 0.1) is 11.1 Å². The third-order valence-corrected chi connectivity index (χ3v) is 3.68. The number of hydrogen-bond acceptors (Lipinski definition) is 4. The van der Waals surface area contributed by atoms with Gasteiger partial charge in [0, 0.05) is 11.4 Å². The molecule has 0 aliphatic heterocycles. The number of phenols is 2. The molecule has 0 aliphatic carbocycles. The van der Waals surface area contributed by atoms with E-state index in [1.807, 2.05) is 0 Å². The molecule has 0 saturated carbocycles. The van der Waals surface area contributed by atoms with Crippen LogP contribution in [0.5, 0.6) is 11.5 Å². The molecular formula is C20H16N2O4. The molecule has 0 bridgehead atoms. The summed E-state index contributed by atoms with van der Waals surface area (Å²) in [6.07, 6.45) is 0. The maximum Gasteiger partial charge on any atom is 0.259 e. The summed E-state index contributed by atoms with van der Waals surface area (Å²) >= 11 is 0. The van der Waals surface area contributed by atoms with Crippen LogP contribution in [0, 0.1) is 0 Å². The lowest BCUT2D eigenvalue weighted by Crippen LogP contribution is -2.14. The average Bonchev–Trinajstić information content (AvgIpc) is 2.62. The lowest BCUT2D eigenvalue weighted by Gasteiger charge is -2.10. The van der Waals surface area contributed by atoms with Gasteiger partial charge in [-0.1, -0.05) is 30.3 Å². The van der Waals surface area contributed by atoms with Crippen molar-refractivity contribution < 1.29 is 19.8 Å². The Bertz CT molecular complexity index is 895. The van der Waals surface area contributed by atoms with E-state index in [1.54, 1.807) is 48.5 Å². The minimum atomic E-state index is -0.465. The van der Waals surface area contributed by atoms with Crippen molar-refractivity contribution in [1.82, 2.24) is 0 Å². The highest BCUT2D eigenvalue weighted by atomic mass is 16.3. The van der Waals surface area contributed by atoms with Crippen LogP contribution in [0.15, 0.2) is 72.8 Å². The summed E-state index contributed by atoms with van der Waals surface area (Å²) in [5.41, 5.74) is 1.20. The molecule has 0 unspecified atom stereocenters. The van der Waals surface area contributed by atoms with Gasteiger partial charge in [-0.3, -0.25) is 9.59 Å². The molecule has 0 heterocycles. The summed E-state index contributed by atoms with van der Waals surface area (Å²) in [5.74, 6) is -1.16. The SMILES string of the molecule is O=C(Nc1cccc(NC(=O)c2ccccc2O)c1)c1ccccc1O. The maximum absolute atomic E-state index is 12.2. The van der Waals surface area contributed by atoms with Gasteiger partial charge in [-0.2, -0.15) is 0 Å². The highest BCUT2D eigenvalue weighted by molar-refractivity contribution is 6.08. The number of benzene rings is 3. The van der Waals surface area contributed by atoms with Gasteiger partial charge in [0.1, 0.15) is 11.5 Å². The highest BCUT2D eigenvalue weighted by Gasteiger charge is 2.12. The summed E-state index contributed by atoms with van der Waals surface area (Å²) in [5, 5.41) is 24.8. The van der Waals surface area contributed by atoms with Crippen LogP contribution in [0.3, 0.4) is 0 Å². The molecule has 0 fully saturated rings. The molecule has 2 amide bonds. The zero-order valence-electron chi connectivity index (χ0n) is 13.6. The monoisotopic (exact) mass is 348 g/mol. The van der Waals surface area contributed by atoms with Gasteiger partial charge in [0.25, 0.3) is 11.8 Å². The van der Waals surface area contributed by atoms with Crippen molar-refractivity contribution in [3.63, 3.8) is 0 Å². The minimum absolute atomic E-state index is 0.117. The molecule has 130 valence electrons. The number of nitrogens with one attached hydrogen (secondary N) is 2. The van der Waals surface area contributed by atoms with E-state index in [-0.39, 0.29) is 22.6 Å². The Kier molecular flexibility index (Phi) is 4.85. The van der Waals surface area contributed by atoms with E-state index >= 15 is 0 Å². The predicted octanol–water partition coefficient (Wildman–Crippen LogP) is 3.60. The van der Waals surface area contributed by atoms with E-state index in [4.69, 9.17) is 0 Å². The van der Waals surface area contributed by atoms with Crippen molar-refractivity contribution in [3.8, 4) is 11.5 Å². The number of aromatic hydroxyl groups is 2. The second-order valence-corrected chi connectivity index (χ2v) is 5.52. The molecule has 26 heavy (non-hydrogen) atoms. The zero-order chi connectivity index (χ0) is 18.5.